The minimum atomic E-state index is 0.263. The van der Waals surface area contributed by atoms with E-state index in [-0.39, 0.29) is 5.41 Å². The van der Waals surface area contributed by atoms with Gasteiger partial charge in [0, 0.05) is 5.39 Å². The maximum atomic E-state index is 5.97. The van der Waals surface area contributed by atoms with Gasteiger partial charge >= 0.3 is 0 Å². The summed E-state index contributed by atoms with van der Waals surface area (Å²) in [6.45, 7) is 7.33. The first-order valence-electron chi connectivity index (χ1n) is 7.21. The maximum absolute atomic E-state index is 5.97. The zero-order chi connectivity index (χ0) is 15.3. The first-order chi connectivity index (χ1) is 10.0. The number of ether oxygens (including phenoxy) is 1. The third kappa shape index (κ3) is 4.41. The number of hydrogen-bond donors (Lipinski definition) is 0. The van der Waals surface area contributed by atoms with Crippen LogP contribution in [0.2, 0.25) is 0 Å². The summed E-state index contributed by atoms with van der Waals surface area (Å²) in [5, 5.41) is 2.28. The van der Waals surface area contributed by atoms with Gasteiger partial charge in [-0.25, -0.2) is 0 Å². The minimum absolute atomic E-state index is 0.263. The summed E-state index contributed by atoms with van der Waals surface area (Å²) in [5.41, 5.74) is 1.20. The zero-order valence-electron chi connectivity index (χ0n) is 12.9. The predicted octanol–water partition coefficient (Wildman–Crippen LogP) is 5.25. The number of fused-ring (bicyclic) bond motifs is 1. The van der Waals surface area contributed by atoms with Crippen LogP contribution in [0.4, 0.5) is 0 Å². The summed E-state index contributed by atoms with van der Waals surface area (Å²) in [7, 11) is 0. The average molecular weight is 301 g/mol. The highest BCUT2D eigenvalue weighted by atomic mass is 35.5. The third-order valence-electron chi connectivity index (χ3n) is 3.28. The highest BCUT2D eigenvalue weighted by Gasteiger charge is 2.12. The largest absolute Gasteiger partial charge is 0.492 e. The second-order valence-electron chi connectivity index (χ2n) is 6.25. The highest BCUT2D eigenvalue weighted by molar-refractivity contribution is 6.19. The molecule has 21 heavy (non-hydrogen) atoms. The van der Waals surface area contributed by atoms with Gasteiger partial charge < -0.3 is 4.74 Å². The molecule has 0 saturated heterocycles. The lowest BCUT2D eigenvalue weighted by atomic mass is 9.93. The molecule has 0 N–H and O–H groups in total. The second-order valence-corrected chi connectivity index (χ2v) is 6.52. The molecule has 0 aromatic heterocycles. The predicted molar refractivity (Wildman–Crippen MR) is 91.1 cm³/mol. The van der Waals surface area contributed by atoms with E-state index in [2.05, 4.69) is 50.8 Å². The number of benzene rings is 2. The molecule has 0 fully saturated rings. The third-order valence-corrected chi connectivity index (χ3v) is 3.41. The fourth-order valence-electron chi connectivity index (χ4n) is 2.09. The van der Waals surface area contributed by atoms with Crippen LogP contribution < -0.4 is 4.74 Å². The molecule has 110 valence electrons. The van der Waals surface area contributed by atoms with Crippen molar-refractivity contribution in [2.75, 3.05) is 12.5 Å². The van der Waals surface area contributed by atoms with E-state index in [1.54, 1.807) is 0 Å². The van der Waals surface area contributed by atoms with Crippen LogP contribution in [0.3, 0.4) is 0 Å². The Balaban J connectivity index is 2.34. The van der Waals surface area contributed by atoms with Crippen molar-refractivity contribution in [3.63, 3.8) is 0 Å². The van der Waals surface area contributed by atoms with Crippen LogP contribution >= 0.6 is 11.6 Å². The van der Waals surface area contributed by atoms with Crippen LogP contribution in [-0.4, -0.2) is 12.5 Å². The Bertz CT molecular complexity index is 671. The molecule has 1 nitrogen and oxygen atoms in total. The van der Waals surface area contributed by atoms with Gasteiger partial charge in [0.1, 0.15) is 5.75 Å². The van der Waals surface area contributed by atoms with Crippen molar-refractivity contribution in [3.8, 4) is 17.6 Å². The molecule has 2 rings (SSSR count). The van der Waals surface area contributed by atoms with E-state index >= 15 is 0 Å². The Morgan fingerprint density at radius 1 is 1.10 bits per heavy atom. The van der Waals surface area contributed by atoms with Gasteiger partial charge in [-0.2, -0.15) is 0 Å². The van der Waals surface area contributed by atoms with E-state index in [4.69, 9.17) is 16.3 Å². The van der Waals surface area contributed by atoms with Gasteiger partial charge in [-0.3, -0.25) is 0 Å². The molecule has 2 aromatic rings. The Labute approximate surface area is 132 Å². The zero-order valence-corrected chi connectivity index (χ0v) is 13.6. The molecule has 2 heteroatoms. The van der Waals surface area contributed by atoms with Gasteiger partial charge in [0.25, 0.3) is 0 Å². The smallest absolute Gasteiger partial charge is 0.135 e. The molecular weight excluding hydrogens is 280 g/mol. The monoisotopic (exact) mass is 300 g/mol. The fourth-order valence-corrected chi connectivity index (χ4v) is 2.16. The first-order valence-corrected chi connectivity index (χ1v) is 7.74. The highest BCUT2D eigenvalue weighted by Crippen LogP contribution is 2.28. The average Bonchev–Trinajstić information content (AvgIpc) is 2.44. The fraction of sp³-hybridized carbons (Fsp3) is 0.368. The minimum Gasteiger partial charge on any atom is -0.492 e. The Morgan fingerprint density at radius 2 is 1.86 bits per heavy atom. The van der Waals surface area contributed by atoms with Gasteiger partial charge in [0.15, 0.2) is 0 Å². The summed E-state index contributed by atoms with van der Waals surface area (Å²) in [5.74, 6) is 7.25. The Kier molecular flexibility index (Phi) is 5.15. The van der Waals surface area contributed by atoms with Crippen LogP contribution in [0, 0.1) is 17.3 Å². The molecule has 0 saturated carbocycles. The van der Waals surface area contributed by atoms with E-state index < -0.39 is 0 Å². The molecule has 0 atom stereocenters. The van der Waals surface area contributed by atoms with E-state index in [1.807, 2.05) is 18.2 Å². The molecule has 0 radical (unpaired) electrons. The molecular formula is C19H21ClO. The van der Waals surface area contributed by atoms with E-state index in [0.717, 1.165) is 23.1 Å². The molecule has 0 spiro atoms. The van der Waals surface area contributed by atoms with Crippen molar-refractivity contribution in [1.29, 1.82) is 0 Å². The molecule has 0 aliphatic carbocycles. The van der Waals surface area contributed by atoms with E-state index in [1.165, 1.54) is 5.39 Å². The summed E-state index contributed by atoms with van der Waals surface area (Å²) in [4.78, 5) is 0. The molecule has 0 unspecified atom stereocenters. The van der Waals surface area contributed by atoms with Crippen LogP contribution in [0.1, 0.15) is 32.8 Å². The van der Waals surface area contributed by atoms with Crippen LogP contribution in [-0.2, 0) is 0 Å². The van der Waals surface area contributed by atoms with Gasteiger partial charge in [-0.15, -0.1) is 11.6 Å². The molecule has 2 aromatic carbocycles. The number of halogens is 1. The SMILES string of the molecule is CC(C)(C)CCOc1ccc2ccccc2c1C#CCCl. The topological polar surface area (TPSA) is 9.23 Å². The summed E-state index contributed by atoms with van der Waals surface area (Å²) < 4.78 is 5.97. The maximum Gasteiger partial charge on any atom is 0.135 e. The van der Waals surface area contributed by atoms with Crippen molar-refractivity contribution < 1.29 is 4.74 Å². The van der Waals surface area contributed by atoms with Gasteiger partial charge in [-0.05, 0) is 23.3 Å². The van der Waals surface area contributed by atoms with Crippen molar-refractivity contribution in [1.82, 2.24) is 0 Å². The summed E-state index contributed by atoms with van der Waals surface area (Å²) >= 11 is 5.70. The van der Waals surface area contributed by atoms with Crippen molar-refractivity contribution in [3.05, 3.63) is 42.0 Å². The van der Waals surface area contributed by atoms with Crippen molar-refractivity contribution in [2.24, 2.45) is 5.41 Å². The van der Waals surface area contributed by atoms with Crippen molar-refractivity contribution >= 4 is 22.4 Å². The molecule has 0 heterocycles. The standard InChI is InChI=1S/C19H21ClO/c1-19(2,3)12-14-21-18-11-10-15-7-4-5-8-16(15)17(18)9-6-13-20/h4-5,7-8,10-11H,12-14H2,1-3H3. The lowest BCUT2D eigenvalue weighted by molar-refractivity contribution is 0.243. The molecule has 0 amide bonds. The van der Waals surface area contributed by atoms with Gasteiger partial charge in [-0.1, -0.05) is 62.9 Å². The Hall–Kier alpha value is -1.65. The van der Waals surface area contributed by atoms with Crippen LogP contribution in [0.25, 0.3) is 10.8 Å². The number of hydrogen-bond acceptors (Lipinski definition) is 1. The van der Waals surface area contributed by atoms with Gasteiger partial charge in [0.05, 0.1) is 18.1 Å². The summed E-state index contributed by atoms with van der Waals surface area (Å²) in [6, 6.07) is 12.3. The normalized spacial score (nSPS) is 11.0. The lowest BCUT2D eigenvalue weighted by Crippen LogP contribution is -2.11. The number of alkyl halides is 1. The van der Waals surface area contributed by atoms with E-state index in [9.17, 15) is 0 Å². The van der Waals surface area contributed by atoms with Crippen LogP contribution in [0.15, 0.2) is 36.4 Å². The molecule has 0 aliphatic heterocycles. The van der Waals surface area contributed by atoms with E-state index in [0.29, 0.717) is 12.5 Å². The Morgan fingerprint density at radius 3 is 2.57 bits per heavy atom. The van der Waals surface area contributed by atoms with Crippen LogP contribution in [0.5, 0.6) is 5.75 Å². The summed E-state index contributed by atoms with van der Waals surface area (Å²) in [6.07, 6.45) is 1.00. The first kappa shape index (κ1) is 15.7. The molecule has 0 bridgehead atoms. The van der Waals surface area contributed by atoms with Gasteiger partial charge in [0.2, 0.25) is 0 Å². The second kappa shape index (κ2) is 6.87. The molecule has 0 aliphatic rings. The lowest BCUT2D eigenvalue weighted by Gasteiger charge is -2.19. The quantitative estimate of drug-likeness (QED) is 0.556. The number of rotatable bonds is 3. The van der Waals surface area contributed by atoms with Crippen molar-refractivity contribution in [2.45, 2.75) is 27.2 Å².